The fourth-order valence-electron chi connectivity index (χ4n) is 1.38. The number of hydrogen-bond acceptors (Lipinski definition) is 3. The molecule has 0 aliphatic heterocycles. The highest BCUT2D eigenvalue weighted by Gasteiger charge is 2.18. The quantitative estimate of drug-likeness (QED) is 0.873. The molecule has 2 rings (SSSR count). The minimum atomic E-state index is -1.22. The Balaban J connectivity index is 2.41. The van der Waals surface area contributed by atoms with Crippen LogP contribution in [0.2, 0.25) is 5.02 Å². The fraction of sp³-hybridized carbons (Fsp3) is 0. The maximum Gasteiger partial charge on any atom is 0.371 e. The van der Waals surface area contributed by atoms with E-state index in [-0.39, 0.29) is 11.5 Å². The van der Waals surface area contributed by atoms with E-state index in [0.29, 0.717) is 15.1 Å². The molecule has 1 aromatic heterocycles. The average Bonchev–Trinajstić information content (AvgIpc) is 2.81. The van der Waals surface area contributed by atoms with Crippen molar-refractivity contribution in [3.05, 3.63) is 56.9 Å². The van der Waals surface area contributed by atoms with Gasteiger partial charge in [-0.25, -0.2) is 4.79 Å². The fourth-order valence-corrected chi connectivity index (χ4v) is 1.98. The van der Waals surface area contributed by atoms with E-state index in [9.17, 15) is 9.59 Å². The largest absolute Gasteiger partial charge is 0.475 e. The first-order valence-electron chi connectivity index (χ1n) is 4.82. The molecule has 0 radical (unpaired) electrons. The Bertz CT molecular complexity index is 633. The second-order valence-electron chi connectivity index (χ2n) is 3.42. The Kier molecular flexibility index (Phi) is 3.54. The molecular formula is C12H6BrClO4. The SMILES string of the molecule is O=C(O)c1ccc(C(=O)c2cc(Cl)ccc2Br)o1. The molecule has 1 N–H and O–H groups in total. The van der Waals surface area contributed by atoms with Crippen LogP contribution in [0.4, 0.5) is 0 Å². The molecule has 0 atom stereocenters. The number of carboxylic acid groups (broad SMARTS) is 1. The molecule has 0 aliphatic carbocycles. The Morgan fingerprint density at radius 1 is 1.17 bits per heavy atom. The highest BCUT2D eigenvalue weighted by Crippen LogP contribution is 2.24. The first-order chi connectivity index (χ1) is 8.49. The number of rotatable bonds is 3. The molecule has 92 valence electrons. The van der Waals surface area contributed by atoms with E-state index in [1.807, 2.05) is 0 Å². The molecule has 4 nitrogen and oxygen atoms in total. The number of furan rings is 1. The van der Waals surface area contributed by atoms with Crippen LogP contribution in [0, 0.1) is 0 Å². The van der Waals surface area contributed by atoms with Crippen molar-refractivity contribution in [1.29, 1.82) is 0 Å². The van der Waals surface area contributed by atoms with Gasteiger partial charge in [0, 0.05) is 15.1 Å². The molecule has 0 saturated heterocycles. The lowest BCUT2D eigenvalue weighted by Gasteiger charge is -2.01. The minimum Gasteiger partial charge on any atom is -0.475 e. The number of benzene rings is 1. The first kappa shape index (κ1) is 12.9. The van der Waals surface area contributed by atoms with E-state index in [2.05, 4.69) is 15.9 Å². The zero-order valence-corrected chi connectivity index (χ0v) is 11.2. The van der Waals surface area contributed by atoms with Gasteiger partial charge in [0.05, 0.1) is 0 Å². The Morgan fingerprint density at radius 2 is 1.83 bits per heavy atom. The van der Waals surface area contributed by atoms with Gasteiger partial charge in [-0.2, -0.15) is 0 Å². The molecule has 0 fully saturated rings. The maximum atomic E-state index is 12.1. The number of hydrogen-bond donors (Lipinski definition) is 1. The van der Waals surface area contributed by atoms with Crippen LogP contribution in [0.3, 0.4) is 0 Å². The van der Waals surface area contributed by atoms with Gasteiger partial charge in [-0.15, -0.1) is 0 Å². The zero-order chi connectivity index (χ0) is 13.3. The summed E-state index contributed by atoms with van der Waals surface area (Å²) in [6.45, 7) is 0. The van der Waals surface area contributed by atoms with Crippen LogP contribution in [0.15, 0.2) is 39.2 Å². The number of carboxylic acids is 1. The molecule has 0 bridgehead atoms. The van der Waals surface area contributed by atoms with Crippen molar-refractivity contribution in [2.45, 2.75) is 0 Å². The van der Waals surface area contributed by atoms with E-state index >= 15 is 0 Å². The maximum absolute atomic E-state index is 12.1. The Hall–Kier alpha value is -1.59. The summed E-state index contributed by atoms with van der Waals surface area (Å²) in [6, 6.07) is 7.30. The van der Waals surface area contributed by atoms with Gasteiger partial charge in [-0.1, -0.05) is 27.5 Å². The average molecular weight is 330 g/mol. The van der Waals surface area contributed by atoms with Gasteiger partial charge < -0.3 is 9.52 Å². The molecule has 1 heterocycles. The standard InChI is InChI=1S/C12H6BrClO4/c13-8-2-1-6(14)5-7(8)11(15)9-3-4-10(18-9)12(16)17/h1-5H,(H,16,17). The van der Waals surface area contributed by atoms with Crippen molar-refractivity contribution < 1.29 is 19.1 Å². The Labute approximate surface area is 115 Å². The van der Waals surface area contributed by atoms with Gasteiger partial charge in [0.2, 0.25) is 11.5 Å². The lowest BCUT2D eigenvalue weighted by molar-refractivity contribution is 0.0660. The van der Waals surface area contributed by atoms with Crippen LogP contribution in [0.1, 0.15) is 26.7 Å². The van der Waals surface area contributed by atoms with Gasteiger partial charge in [-0.3, -0.25) is 4.79 Å². The van der Waals surface area contributed by atoms with Crippen molar-refractivity contribution in [3.8, 4) is 0 Å². The molecule has 6 heteroatoms. The molecule has 0 amide bonds. The van der Waals surface area contributed by atoms with E-state index in [4.69, 9.17) is 21.1 Å². The summed E-state index contributed by atoms with van der Waals surface area (Å²) in [5.74, 6) is -1.98. The van der Waals surface area contributed by atoms with Crippen LogP contribution in [0.5, 0.6) is 0 Å². The van der Waals surface area contributed by atoms with Gasteiger partial charge in [0.25, 0.3) is 0 Å². The normalized spacial score (nSPS) is 10.3. The highest BCUT2D eigenvalue weighted by atomic mass is 79.9. The second-order valence-corrected chi connectivity index (χ2v) is 4.71. The van der Waals surface area contributed by atoms with Crippen molar-refractivity contribution in [2.24, 2.45) is 0 Å². The van der Waals surface area contributed by atoms with E-state index in [1.54, 1.807) is 12.1 Å². The van der Waals surface area contributed by atoms with Gasteiger partial charge in [-0.05, 0) is 30.3 Å². The van der Waals surface area contributed by atoms with Crippen LogP contribution < -0.4 is 0 Å². The molecule has 2 aromatic rings. The van der Waals surface area contributed by atoms with E-state index in [1.165, 1.54) is 18.2 Å². The lowest BCUT2D eigenvalue weighted by atomic mass is 10.1. The summed E-state index contributed by atoms with van der Waals surface area (Å²) in [7, 11) is 0. The zero-order valence-electron chi connectivity index (χ0n) is 8.81. The van der Waals surface area contributed by atoms with Crippen LogP contribution in [0.25, 0.3) is 0 Å². The van der Waals surface area contributed by atoms with E-state index < -0.39 is 11.8 Å². The van der Waals surface area contributed by atoms with Gasteiger partial charge in [0.15, 0.2) is 5.76 Å². The summed E-state index contributed by atoms with van der Waals surface area (Å²) in [5, 5.41) is 9.12. The minimum absolute atomic E-state index is 0.0460. The smallest absolute Gasteiger partial charge is 0.371 e. The summed E-state index contributed by atoms with van der Waals surface area (Å²) >= 11 is 9.03. The second kappa shape index (κ2) is 4.96. The topological polar surface area (TPSA) is 67.5 Å². The van der Waals surface area contributed by atoms with Crippen molar-refractivity contribution in [2.75, 3.05) is 0 Å². The van der Waals surface area contributed by atoms with Gasteiger partial charge >= 0.3 is 5.97 Å². The summed E-state index contributed by atoms with van der Waals surface area (Å²) in [4.78, 5) is 22.7. The summed E-state index contributed by atoms with van der Waals surface area (Å²) in [5.41, 5.74) is 0.314. The van der Waals surface area contributed by atoms with E-state index in [0.717, 1.165) is 0 Å². The lowest BCUT2D eigenvalue weighted by Crippen LogP contribution is -2.01. The van der Waals surface area contributed by atoms with Crippen molar-refractivity contribution in [1.82, 2.24) is 0 Å². The van der Waals surface area contributed by atoms with Crippen molar-refractivity contribution in [3.63, 3.8) is 0 Å². The third-order valence-electron chi connectivity index (χ3n) is 2.21. The molecule has 18 heavy (non-hydrogen) atoms. The van der Waals surface area contributed by atoms with Crippen LogP contribution in [-0.2, 0) is 0 Å². The van der Waals surface area contributed by atoms with Gasteiger partial charge in [0.1, 0.15) is 0 Å². The monoisotopic (exact) mass is 328 g/mol. The third kappa shape index (κ3) is 2.47. The molecule has 0 spiro atoms. The molecule has 0 unspecified atom stereocenters. The molecular weight excluding hydrogens is 323 g/mol. The Morgan fingerprint density at radius 3 is 2.44 bits per heavy atom. The number of aromatic carboxylic acids is 1. The summed E-state index contributed by atoms with van der Waals surface area (Å²) < 4.78 is 5.50. The van der Waals surface area contributed by atoms with Crippen molar-refractivity contribution >= 4 is 39.3 Å². The molecule has 0 saturated carbocycles. The van der Waals surface area contributed by atoms with Crippen LogP contribution in [-0.4, -0.2) is 16.9 Å². The number of ketones is 1. The summed E-state index contributed by atoms with van der Waals surface area (Å²) in [6.07, 6.45) is 0. The highest BCUT2D eigenvalue weighted by molar-refractivity contribution is 9.10. The number of carbonyl (C=O) groups excluding carboxylic acids is 1. The third-order valence-corrected chi connectivity index (χ3v) is 3.14. The molecule has 0 aliphatic rings. The van der Waals surface area contributed by atoms with Crippen LogP contribution >= 0.6 is 27.5 Å². The number of carbonyl (C=O) groups is 2. The number of halogens is 2. The molecule has 1 aromatic carbocycles. The first-order valence-corrected chi connectivity index (χ1v) is 5.99. The predicted molar refractivity (Wildman–Crippen MR) is 68.3 cm³/mol. The predicted octanol–water partition coefficient (Wildman–Crippen LogP) is 3.62.